The van der Waals surface area contributed by atoms with Gasteiger partial charge in [-0.2, -0.15) is 4.39 Å². The maximum Gasteiger partial charge on any atom is 0.307 e. The standard InChI is InChI=1S/C9H7BrFNO2/c10-4-1-6(8(11)12-3-4)5-2-7(5)9(13)14/h1,3,5,7H,2H2,(H,13,14). The predicted octanol–water partition coefficient (Wildman–Crippen LogP) is 2.17. The summed E-state index contributed by atoms with van der Waals surface area (Å²) < 4.78 is 13.8. The number of aliphatic carboxylic acids is 1. The zero-order valence-corrected chi connectivity index (χ0v) is 8.66. The van der Waals surface area contributed by atoms with Crippen molar-refractivity contribution < 1.29 is 14.3 Å². The zero-order chi connectivity index (χ0) is 10.3. The Bertz CT molecular complexity index is 396. The van der Waals surface area contributed by atoms with Crippen LogP contribution in [0.5, 0.6) is 0 Å². The minimum atomic E-state index is -0.866. The summed E-state index contributed by atoms with van der Waals surface area (Å²) in [6.07, 6.45) is 1.86. The number of carboxylic acids is 1. The van der Waals surface area contributed by atoms with Gasteiger partial charge in [0.15, 0.2) is 0 Å². The topological polar surface area (TPSA) is 50.2 Å². The van der Waals surface area contributed by atoms with E-state index in [2.05, 4.69) is 20.9 Å². The minimum Gasteiger partial charge on any atom is -0.481 e. The molecule has 1 aliphatic carbocycles. The van der Waals surface area contributed by atoms with Gasteiger partial charge in [-0.05, 0) is 28.4 Å². The molecule has 1 heterocycles. The van der Waals surface area contributed by atoms with E-state index >= 15 is 0 Å². The van der Waals surface area contributed by atoms with Gasteiger partial charge < -0.3 is 5.11 Å². The van der Waals surface area contributed by atoms with Crippen LogP contribution in [0, 0.1) is 11.9 Å². The molecule has 0 aliphatic heterocycles. The molecule has 74 valence electrons. The smallest absolute Gasteiger partial charge is 0.307 e. The normalized spacial score (nSPS) is 24.7. The second-order valence-corrected chi connectivity index (χ2v) is 4.24. The lowest BCUT2D eigenvalue weighted by Gasteiger charge is -2.00. The maximum atomic E-state index is 13.2. The second-order valence-electron chi connectivity index (χ2n) is 3.32. The number of rotatable bonds is 2. The van der Waals surface area contributed by atoms with Crippen LogP contribution >= 0.6 is 15.9 Å². The predicted molar refractivity (Wildman–Crippen MR) is 50.4 cm³/mol. The fourth-order valence-corrected chi connectivity index (χ4v) is 1.86. The highest BCUT2D eigenvalue weighted by atomic mass is 79.9. The van der Waals surface area contributed by atoms with Gasteiger partial charge >= 0.3 is 5.97 Å². The number of halogens is 2. The van der Waals surface area contributed by atoms with Gasteiger partial charge in [0.25, 0.3) is 0 Å². The molecule has 14 heavy (non-hydrogen) atoms. The Hall–Kier alpha value is -0.970. The monoisotopic (exact) mass is 259 g/mol. The molecule has 0 aromatic carbocycles. The lowest BCUT2D eigenvalue weighted by atomic mass is 10.1. The number of nitrogens with zero attached hydrogens (tertiary/aromatic N) is 1. The van der Waals surface area contributed by atoms with Crippen LogP contribution in [0.1, 0.15) is 17.9 Å². The Morgan fingerprint density at radius 2 is 2.43 bits per heavy atom. The van der Waals surface area contributed by atoms with Crippen molar-refractivity contribution in [3.8, 4) is 0 Å². The van der Waals surface area contributed by atoms with Crippen LogP contribution in [-0.4, -0.2) is 16.1 Å². The SMILES string of the molecule is O=C(O)C1CC1c1cc(Br)cnc1F. The van der Waals surface area contributed by atoms with Crippen LogP contribution in [0.25, 0.3) is 0 Å². The number of hydrogen-bond acceptors (Lipinski definition) is 2. The molecule has 1 aromatic rings. The van der Waals surface area contributed by atoms with Gasteiger partial charge in [0.05, 0.1) is 5.92 Å². The number of hydrogen-bond donors (Lipinski definition) is 1. The van der Waals surface area contributed by atoms with Crippen LogP contribution in [0.4, 0.5) is 4.39 Å². The molecule has 1 aliphatic rings. The molecular weight excluding hydrogens is 253 g/mol. The number of carboxylic acid groups (broad SMARTS) is 1. The minimum absolute atomic E-state index is 0.211. The summed E-state index contributed by atoms with van der Waals surface area (Å²) in [7, 11) is 0. The van der Waals surface area contributed by atoms with Crippen LogP contribution < -0.4 is 0 Å². The molecule has 1 saturated carbocycles. The first-order chi connectivity index (χ1) is 6.59. The summed E-state index contributed by atoms with van der Waals surface area (Å²) in [5.74, 6) is -2.09. The molecule has 1 fully saturated rings. The summed E-state index contributed by atoms with van der Waals surface area (Å²) >= 11 is 3.17. The van der Waals surface area contributed by atoms with Crippen molar-refractivity contribution in [2.75, 3.05) is 0 Å². The quantitative estimate of drug-likeness (QED) is 0.829. The summed E-state index contributed by atoms with van der Waals surface area (Å²) in [5.41, 5.74) is 0.395. The summed E-state index contributed by atoms with van der Waals surface area (Å²) in [6, 6.07) is 1.59. The lowest BCUT2D eigenvalue weighted by Crippen LogP contribution is -2.00. The summed E-state index contributed by atoms with van der Waals surface area (Å²) in [4.78, 5) is 14.1. The Morgan fingerprint density at radius 1 is 1.71 bits per heavy atom. The van der Waals surface area contributed by atoms with E-state index < -0.39 is 17.8 Å². The van der Waals surface area contributed by atoms with Gasteiger partial charge in [0.1, 0.15) is 0 Å². The molecule has 2 atom stereocenters. The van der Waals surface area contributed by atoms with Crippen molar-refractivity contribution in [1.29, 1.82) is 0 Å². The van der Waals surface area contributed by atoms with Crippen LogP contribution in [0.15, 0.2) is 16.7 Å². The second kappa shape index (κ2) is 3.31. The van der Waals surface area contributed by atoms with Crippen molar-refractivity contribution in [2.24, 2.45) is 5.92 Å². The van der Waals surface area contributed by atoms with E-state index in [-0.39, 0.29) is 5.92 Å². The van der Waals surface area contributed by atoms with E-state index in [4.69, 9.17) is 5.11 Å². The molecule has 0 amide bonds. The Morgan fingerprint density at radius 3 is 3.00 bits per heavy atom. The maximum absolute atomic E-state index is 13.2. The van der Waals surface area contributed by atoms with E-state index in [0.29, 0.717) is 16.5 Å². The number of carbonyl (C=O) groups is 1. The molecule has 0 spiro atoms. The number of aromatic nitrogens is 1. The van der Waals surface area contributed by atoms with Crippen molar-refractivity contribution in [2.45, 2.75) is 12.3 Å². The average molecular weight is 260 g/mol. The van der Waals surface area contributed by atoms with Gasteiger partial charge in [-0.3, -0.25) is 4.79 Å². The van der Waals surface area contributed by atoms with Crippen molar-refractivity contribution in [3.63, 3.8) is 0 Å². The van der Waals surface area contributed by atoms with E-state index in [1.807, 2.05) is 0 Å². The highest BCUT2D eigenvalue weighted by molar-refractivity contribution is 9.10. The van der Waals surface area contributed by atoms with Crippen LogP contribution in [0.3, 0.4) is 0 Å². The first-order valence-electron chi connectivity index (χ1n) is 4.13. The molecule has 1 aromatic heterocycles. The molecule has 3 nitrogen and oxygen atoms in total. The third kappa shape index (κ3) is 1.64. The third-order valence-electron chi connectivity index (χ3n) is 2.34. The summed E-state index contributed by atoms with van der Waals surface area (Å²) in [6.45, 7) is 0. The van der Waals surface area contributed by atoms with Crippen molar-refractivity contribution >= 4 is 21.9 Å². The number of pyridine rings is 1. The Balaban J connectivity index is 2.26. The first kappa shape index (κ1) is 9.58. The molecule has 0 bridgehead atoms. The van der Waals surface area contributed by atoms with Gasteiger partial charge in [0.2, 0.25) is 5.95 Å². The highest BCUT2D eigenvalue weighted by Crippen LogP contribution is 2.48. The van der Waals surface area contributed by atoms with E-state index in [0.717, 1.165) is 0 Å². The van der Waals surface area contributed by atoms with Gasteiger partial charge in [-0.1, -0.05) is 0 Å². The molecule has 0 radical (unpaired) electrons. The third-order valence-corrected chi connectivity index (χ3v) is 2.77. The Labute approximate surface area is 88.1 Å². The summed E-state index contributed by atoms with van der Waals surface area (Å²) in [5, 5.41) is 8.69. The van der Waals surface area contributed by atoms with E-state index in [1.54, 1.807) is 6.07 Å². The first-order valence-corrected chi connectivity index (χ1v) is 4.92. The van der Waals surface area contributed by atoms with E-state index in [9.17, 15) is 9.18 Å². The average Bonchev–Trinajstić information content (AvgIpc) is 2.88. The molecular formula is C9H7BrFNO2. The largest absolute Gasteiger partial charge is 0.481 e. The lowest BCUT2D eigenvalue weighted by molar-refractivity contribution is -0.138. The fourth-order valence-electron chi connectivity index (χ4n) is 1.51. The molecule has 2 unspecified atom stereocenters. The van der Waals surface area contributed by atoms with Crippen LogP contribution in [-0.2, 0) is 4.79 Å². The van der Waals surface area contributed by atoms with Gasteiger partial charge in [-0.15, -0.1) is 0 Å². The molecule has 0 saturated heterocycles. The van der Waals surface area contributed by atoms with Crippen molar-refractivity contribution in [3.05, 3.63) is 28.2 Å². The van der Waals surface area contributed by atoms with E-state index in [1.165, 1.54) is 6.20 Å². The molecule has 5 heteroatoms. The van der Waals surface area contributed by atoms with Gasteiger partial charge in [0, 0.05) is 22.2 Å². The molecule has 2 rings (SSSR count). The van der Waals surface area contributed by atoms with Crippen LogP contribution in [0.2, 0.25) is 0 Å². The fraction of sp³-hybridized carbons (Fsp3) is 0.333. The van der Waals surface area contributed by atoms with Crippen molar-refractivity contribution in [1.82, 2.24) is 4.98 Å². The molecule has 1 N–H and O–H groups in total. The Kier molecular flexibility index (Phi) is 2.26. The highest BCUT2D eigenvalue weighted by Gasteiger charge is 2.45. The van der Waals surface area contributed by atoms with Gasteiger partial charge in [-0.25, -0.2) is 4.98 Å². The zero-order valence-electron chi connectivity index (χ0n) is 7.08.